The van der Waals surface area contributed by atoms with E-state index >= 15 is 0 Å². The lowest BCUT2D eigenvalue weighted by atomic mass is 9.59. The van der Waals surface area contributed by atoms with Crippen LogP contribution in [0.3, 0.4) is 0 Å². The molecule has 1 saturated carbocycles. The van der Waals surface area contributed by atoms with Crippen LogP contribution in [0.1, 0.15) is 46.5 Å². The van der Waals surface area contributed by atoms with Gasteiger partial charge in [0.25, 0.3) is 0 Å². The molecule has 0 aliphatic heterocycles. The molecule has 1 aliphatic carbocycles. The van der Waals surface area contributed by atoms with Gasteiger partial charge in [-0.15, -0.1) is 0 Å². The molecule has 1 fully saturated rings. The second kappa shape index (κ2) is 3.32. The Labute approximate surface area is 80.9 Å². The summed E-state index contributed by atoms with van der Waals surface area (Å²) in [7, 11) is 0. The molecule has 0 saturated heterocycles. The average Bonchev–Trinajstić information content (AvgIpc) is 2.03. The first-order chi connectivity index (χ1) is 5.90. The second-order valence-corrected chi connectivity index (χ2v) is 5.06. The molecule has 0 aromatic heterocycles. The number of rotatable bonds is 1. The molecule has 75 valence electrons. The first-order valence-corrected chi connectivity index (χ1v) is 5.02. The zero-order chi connectivity index (χ0) is 10.1. The Morgan fingerprint density at radius 3 is 2.00 bits per heavy atom. The highest BCUT2D eigenvalue weighted by Crippen LogP contribution is 2.48. The molecule has 2 heteroatoms. The van der Waals surface area contributed by atoms with Gasteiger partial charge in [-0.3, -0.25) is 4.79 Å². The third-order valence-corrected chi connectivity index (χ3v) is 3.46. The van der Waals surface area contributed by atoms with E-state index in [1.165, 1.54) is 0 Å². The topological polar surface area (TPSA) is 43.1 Å². The van der Waals surface area contributed by atoms with Gasteiger partial charge in [0, 0.05) is 0 Å². The third-order valence-electron chi connectivity index (χ3n) is 3.46. The van der Waals surface area contributed by atoms with Crippen LogP contribution in [0, 0.1) is 17.3 Å². The summed E-state index contributed by atoms with van der Waals surface area (Å²) in [6, 6.07) is 0. The minimum Gasteiger partial charge on any atom is -0.369 e. The first-order valence-electron chi connectivity index (χ1n) is 5.02. The smallest absolute Gasteiger partial charge is 0.224 e. The van der Waals surface area contributed by atoms with Crippen LogP contribution in [0.4, 0.5) is 0 Å². The molecule has 0 aromatic carbocycles. The van der Waals surface area contributed by atoms with Crippen molar-refractivity contribution < 1.29 is 4.79 Å². The van der Waals surface area contributed by atoms with E-state index in [0.717, 1.165) is 25.7 Å². The number of hydrogen-bond donors (Lipinski definition) is 1. The zero-order valence-electron chi connectivity index (χ0n) is 8.89. The lowest BCUT2D eigenvalue weighted by molar-refractivity contribution is -0.136. The Morgan fingerprint density at radius 2 is 1.77 bits per heavy atom. The van der Waals surface area contributed by atoms with Gasteiger partial charge in [0.2, 0.25) is 5.91 Å². The van der Waals surface area contributed by atoms with Gasteiger partial charge in [-0.25, -0.2) is 0 Å². The Morgan fingerprint density at radius 1 is 1.31 bits per heavy atom. The van der Waals surface area contributed by atoms with Gasteiger partial charge in [-0.2, -0.15) is 0 Å². The van der Waals surface area contributed by atoms with E-state index in [1.807, 2.05) is 0 Å². The van der Waals surface area contributed by atoms with Crippen LogP contribution in [0.15, 0.2) is 0 Å². The Bertz CT molecular complexity index is 197. The maximum absolute atomic E-state index is 11.5. The summed E-state index contributed by atoms with van der Waals surface area (Å²) >= 11 is 0. The molecule has 1 amide bonds. The molecule has 1 rings (SSSR count). The van der Waals surface area contributed by atoms with Gasteiger partial charge >= 0.3 is 0 Å². The van der Waals surface area contributed by atoms with E-state index in [2.05, 4.69) is 27.2 Å². The summed E-state index contributed by atoms with van der Waals surface area (Å²) < 4.78 is 0. The van der Waals surface area contributed by atoms with Crippen molar-refractivity contribution >= 4 is 5.91 Å². The maximum Gasteiger partial charge on any atom is 0.224 e. The van der Waals surface area contributed by atoms with Crippen LogP contribution < -0.4 is 5.73 Å². The van der Waals surface area contributed by atoms with Gasteiger partial charge < -0.3 is 5.73 Å². The fourth-order valence-corrected chi connectivity index (χ4v) is 2.33. The largest absolute Gasteiger partial charge is 0.369 e. The van der Waals surface area contributed by atoms with Gasteiger partial charge in [0.05, 0.1) is 5.41 Å². The van der Waals surface area contributed by atoms with Crippen LogP contribution in [0.25, 0.3) is 0 Å². The standard InChI is InChI=1S/C11H20NO/c1-10(2,3)11(9(12)13)7-5-4-6-8-11/h4H,5-8H2,1-3H3,(H2,12,13). The van der Waals surface area contributed by atoms with Crippen LogP contribution in [0.2, 0.25) is 0 Å². The zero-order valence-corrected chi connectivity index (χ0v) is 8.89. The van der Waals surface area contributed by atoms with E-state index in [0.29, 0.717) is 0 Å². The lowest BCUT2D eigenvalue weighted by Crippen LogP contribution is -2.48. The van der Waals surface area contributed by atoms with Crippen molar-refractivity contribution in [1.82, 2.24) is 0 Å². The third kappa shape index (κ3) is 1.72. The molecule has 2 nitrogen and oxygen atoms in total. The molecule has 0 unspecified atom stereocenters. The highest BCUT2D eigenvalue weighted by molar-refractivity contribution is 5.81. The van der Waals surface area contributed by atoms with Crippen LogP contribution in [-0.4, -0.2) is 5.91 Å². The van der Waals surface area contributed by atoms with Crippen molar-refractivity contribution in [2.75, 3.05) is 0 Å². The number of carbonyl (C=O) groups excluding carboxylic acids is 1. The highest BCUT2D eigenvalue weighted by Gasteiger charge is 2.47. The molecule has 2 N–H and O–H groups in total. The summed E-state index contributed by atoms with van der Waals surface area (Å²) in [5, 5.41) is 0. The minimum absolute atomic E-state index is 0.00685. The van der Waals surface area contributed by atoms with Crippen molar-refractivity contribution in [3.8, 4) is 0 Å². The van der Waals surface area contributed by atoms with Crippen LogP contribution in [-0.2, 0) is 4.79 Å². The Hall–Kier alpha value is -0.530. The predicted molar refractivity (Wildman–Crippen MR) is 53.9 cm³/mol. The Balaban J connectivity index is 2.93. The molecule has 13 heavy (non-hydrogen) atoms. The monoisotopic (exact) mass is 182 g/mol. The molecule has 0 heterocycles. The number of carbonyl (C=O) groups is 1. The van der Waals surface area contributed by atoms with Crippen molar-refractivity contribution in [1.29, 1.82) is 0 Å². The molecule has 0 spiro atoms. The van der Waals surface area contributed by atoms with Crippen molar-refractivity contribution in [2.45, 2.75) is 46.5 Å². The summed E-state index contributed by atoms with van der Waals surface area (Å²) in [4.78, 5) is 11.5. The number of hydrogen-bond acceptors (Lipinski definition) is 1. The van der Waals surface area contributed by atoms with E-state index in [1.54, 1.807) is 0 Å². The fraction of sp³-hybridized carbons (Fsp3) is 0.818. The summed E-state index contributed by atoms with van der Waals surface area (Å²) in [5.41, 5.74) is 5.25. The van der Waals surface area contributed by atoms with Crippen molar-refractivity contribution in [3.05, 3.63) is 6.42 Å². The SMILES string of the molecule is CC(C)(C)C1(C(N)=O)CC[CH]CC1. The van der Waals surface area contributed by atoms with Gasteiger partial charge in [-0.05, 0) is 37.5 Å². The van der Waals surface area contributed by atoms with Crippen molar-refractivity contribution in [2.24, 2.45) is 16.6 Å². The summed E-state index contributed by atoms with van der Waals surface area (Å²) in [6.07, 6.45) is 6.16. The van der Waals surface area contributed by atoms with Crippen LogP contribution >= 0.6 is 0 Å². The van der Waals surface area contributed by atoms with E-state index < -0.39 is 0 Å². The molecule has 0 bridgehead atoms. The quantitative estimate of drug-likeness (QED) is 0.664. The first kappa shape index (κ1) is 10.6. The van der Waals surface area contributed by atoms with E-state index in [-0.39, 0.29) is 16.7 Å². The van der Waals surface area contributed by atoms with Crippen LogP contribution in [0.5, 0.6) is 0 Å². The predicted octanol–water partition coefficient (Wildman–Crippen LogP) is 2.28. The van der Waals surface area contributed by atoms with Gasteiger partial charge in [-0.1, -0.05) is 20.8 Å². The number of primary amides is 1. The lowest BCUT2D eigenvalue weighted by Gasteiger charge is -2.44. The molecule has 1 aliphatic rings. The van der Waals surface area contributed by atoms with E-state index in [9.17, 15) is 4.79 Å². The summed E-state index contributed by atoms with van der Waals surface area (Å²) in [6.45, 7) is 6.34. The molecular formula is C11H20NO. The minimum atomic E-state index is -0.276. The molecule has 0 atom stereocenters. The van der Waals surface area contributed by atoms with Crippen molar-refractivity contribution in [3.63, 3.8) is 0 Å². The summed E-state index contributed by atoms with van der Waals surface area (Å²) in [5.74, 6) is -0.117. The second-order valence-electron chi connectivity index (χ2n) is 5.06. The molecular weight excluding hydrogens is 162 g/mol. The van der Waals surface area contributed by atoms with E-state index in [4.69, 9.17) is 5.73 Å². The molecule has 1 radical (unpaired) electrons. The normalized spacial score (nSPS) is 22.7. The van der Waals surface area contributed by atoms with Gasteiger partial charge in [0.15, 0.2) is 0 Å². The average molecular weight is 182 g/mol. The highest BCUT2D eigenvalue weighted by atomic mass is 16.1. The Kier molecular flexibility index (Phi) is 2.69. The molecule has 0 aromatic rings. The fourth-order valence-electron chi connectivity index (χ4n) is 2.33. The maximum atomic E-state index is 11.5. The van der Waals surface area contributed by atoms with Gasteiger partial charge in [0.1, 0.15) is 0 Å². The number of amides is 1. The number of nitrogens with two attached hydrogens (primary N) is 1.